The van der Waals surface area contributed by atoms with Crippen LogP contribution in [0.4, 0.5) is 5.69 Å². The first kappa shape index (κ1) is 18.0. The Bertz CT molecular complexity index is 933. The highest BCUT2D eigenvalue weighted by atomic mass is 35.5. The third-order valence-electron chi connectivity index (χ3n) is 3.37. The summed E-state index contributed by atoms with van der Waals surface area (Å²) < 4.78 is 10.7. The van der Waals surface area contributed by atoms with E-state index in [0.717, 1.165) is 4.88 Å². The molecule has 0 saturated heterocycles. The van der Waals surface area contributed by atoms with Crippen molar-refractivity contribution < 1.29 is 23.8 Å². The van der Waals surface area contributed by atoms with Crippen LogP contribution in [0.1, 0.15) is 21.2 Å². The van der Waals surface area contributed by atoms with Crippen molar-refractivity contribution in [2.24, 2.45) is 0 Å². The van der Waals surface area contributed by atoms with Gasteiger partial charge in [-0.2, -0.15) is 0 Å². The van der Waals surface area contributed by atoms with Crippen LogP contribution in [-0.4, -0.2) is 23.6 Å². The standard InChI is InChI=1S/C18H14ClNO5S/c19-14-6-7-26-16(14)9-13-4-5-15(25-13)18(23)20-11-2-1-3-12(8-11)24-10-17(21)22/h1-8H,9-10H2,(H,20,23)(H,21,22). The number of amides is 1. The summed E-state index contributed by atoms with van der Waals surface area (Å²) in [6.07, 6.45) is 0.516. The van der Waals surface area contributed by atoms with Crippen LogP contribution in [0.5, 0.6) is 5.75 Å². The molecule has 2 heterocycles. The normalized spacial score (nSPS) is 10.5. The number of furan rings is 1. The quantitative estimate of drug-likeness (QED) is 0.626. The molecule has 26 heavy (non-hydrogen) atoms. The minimum atomic E-state index is -1.08. The van der Waals surface area contributed by atoms with Crippen LogP contribution in [-0.2, 0) is 11.2 Å². The first-order valence-corrected chi connectivity index (χ1v) is 8.83. The number of anilines is 1. The molecule has 0 aliphatic heterocycles. The maximum atomic E-state index is 12.3. The van der Waals surface area contributed by atoms with Gasteiger partial charge in [-0.3, -0.25) is 4.79 Å². The number of carboxylic acid groups (broad SMARTS) is 1. The van der Waals surface area contributed by atoms with Gasteiger partial charge in [0.05, 0.1) is 5.02 Å². The molecule has 0 aliphatic rings. The lowest BCUT2D eigenvalue weighted by atomic mass is 10.3. The maximum Gasteiger partial charge on any atom is 0.341 e. The number of nitrogens with one attached hydrogen (secondary N) is 1. The second-order valence-corrected chi connectivity index (χ2v) is 6.71. The highest BCUT2D eigenvalue weighted by Crippen LogP contribution is 2.26. The molecule has 0 spiro atoms. The number of carbonyl (C=O) groups excluding carboxylic acids is 1. The summed E-state index contributed by atoms with van der Waals surface area (Å²) in [4.78, 5) is 23.8. The summed E-state index contributed by atoms with van der Waals surface area (Å²) >= 11 is 7.59. The molecule has 134 valence electrons. The van der Waals surface area contributed by atoms with Gasteiger partial charge >= 0.3 is 5.97 Å². The maximum absolute atomic E-state index is 12.3. The van der Waals surface area contributed by atoms with E-state index in [1.165, 1.54) is 17.4 Å². The number of hydrogen-bond donors (Lipinski definition) is 2. The van der Waals surface area contributed by atoms with Gasteiger partial charge in [-0.1, -0.05) is 17.7 Å². The summed E-state index contributed by atoms with van der Waals surface area (Å²) in [6.45, 7) is -0.454. The summed E-state index contributed by atoms with van der Waals surface area (Å²) in [7, 11) is 0. The molecule has 3 aromatic rings. The van der Waals surface area contributed by atoms with Crippen LogP contribution in [0.2, 0.25) is 5.02 Å². The lowest BCUT2D eigenvalue weighted by Crippen LogP contribution is -2.12. The minimum Gasteiger partial charge on any atom is -0.482 e. The molecule has 1 amide bonds. The van der Waals surface area contributed by atoms with Crippen molar-refractivity contribution in [3.63, 3.8) is 0 Å². The Kier molecular flexibility index (Phi) is 5.60. The Labute approximate surface area is 158 Å². The molecular formula is C18H14ClNO5S. The van der Waals surface area contributed by atoms with Crippen molar-refractivity contribution in [1.29, 1.82) is 0 Å². The predicted molar refractivity (Wildman–Crippen MR) is 98.4 cm³/mol. The third kappa shape index (κ3) is 4.65. The van der Waals surface area contributed by atoms with Crippen LogP contribution >= 0.6 is 22.9 Å². The Balaban J connectivity index is 1.64. The van der Waals surface area contributed by atoms with Crippen molar-refractivity contribution in [2.45, 2.75) is 6.42 Å². The summed E-state index contributed by atoms with van der Waals surface area (Å²) in [6, 6.07) is 11.6. The molecule has 1 aromatic carbocycles. The molecule has 0 atom stereocenters. The average Bonchev–Trinajstić information content (AvgIpc) is 3.23. The van der Waals surface area contributed by atoms with E-state index in [2.05, 4.69) is 5.32 Å². The third-order valence-corrected chi connectivity index (χ3v) is 4.75. The molecule has 0 saturated carbocycles. The lowest BCUT2D eigenvalue weighted by molar-refractivity contribution is -0.139. The molecule has 8 heteroatoms. The van der Waals surface area contributed by atoms with Crippen molar-refractivity contribution in [1.82, 2.24) is 0 Å². The minimum absolute atomic E-state index is 0.171. The average molecular weight is 392 g/mol. The van der Waals surface area contributed by atoms with Crippen molar-refractivity contribution >= 4 is 40.5 Å². The molecule has 2 aromatic heterocycles. The SMILES string of the molecule is O=C(O)COc1cccc(NC(=O)c2ccc(Cc3sccc3Cl)o2)c1. The van der Waals surface area contributed by atoms with Gasteiger partial charge in [-0.15, -0.1) is 11.3 Å². The smallest absolute Gasteiger partial charge is 0.341 e. The molecule has 0 aliphatic carbocycles. The fraction of sp³-hybridized carbons (Fsp3) is 0.111. The Hall–Kier alpha value is -2.77. The number of aliphatic carboxylic acids is 1. The topological polar surface area (TPSA) is 88.8 Å². The summed E-state index contributed by atoms with van der Waals surface area (Å²) in [5, 5.41) is 13.9. The summed E-state index contributed by atoms with van der Waals surface area (Å²) in [5.74, 6) is -0.336. The molecule has 0 unspecified atom stereocenters. The summed E-state index contributed by atoms with van der Waals surface area (Å²) in [5.41, 5.74) is 0.470. The number of benzene rings is 1. The Morgan fingerprint density at radius 1 is 1.23 bits per heavy atom. The fourth-order valence-electron chi connectivity index (χ4n) is 2.21. The highest BCUT2D eigenvalue weighted by Gasteiger charge is 2.13. The van der Waals surface area contributed by atoms with Gasteiger partial charge in [0.1, 0.15) is 11.5 Å². The number of rotatable bonds is 7. The van der Waals surface area contributed by atoms with Crippen LogP contribution in [0.25, 0.3) is 0 Å². The van der Waals surface area contributed by atoms with E-state index in [4.69, 9.17) is 25.9 Å². The van der Waals surface area contributed by atoms with E-state index in [-0.39, 0.29) is 5.76 Å². The van der Waals surface area contributed by atoms with E-state index >= 15 is 0 Å². The van der Waals surface area contributed by atoms with E-state index < -0.39 is 18.5 Å². The number of carbonyl (C=O) groups is 2. The van der Waals surface area contributed by atoms with Crippen LogP contribution in [0.3, 0.4) is 0 Å². The molecule has 0 fully saturated rings. The molecule has 3 rings (SSSR count). The highest BCUT2D eigenvalue weighted by molar-refractivity contribution is 7.10. The zero-order valence-corrected chi connectivity index (χ0v) is 15.0. The van der Waals surface area contributed by atoms with Gasteiger partial charge in [-0.05, 0) is 35.7 Å². The number of halogens is 1. The van der Waals surface area contributed by atoms with Gasteiger partial charge < -0.3 is 19.6 Å². The number of carboxylic acids is 1. The number of ether oxygens (including phenoxy) is 1. The van der Waals surface area contributed by atoms with Gasteiger partial charge in [0.2, 0.25) is 0 Å². The Morgan fingerprint density at radius 3 is 2.81 bits per heavy atom. The fourth-order valence-corrected chi connectivity index (χ4v) is 3.32. The van der Waals surface area contributed by atoms with Crippen molar-refractivity contribution in [2.75, 3.05) is 11.9 Å². The zero-order chi connectivity index (χ0) is 18.5. The monoisotopic (exact) mass is 391 g/mol. The largest absolute Gasteiger partial charge is 0.482 e. The Morgan fingerprint density at radius 2 is 2.08 bits per heavy atom. The van der Waals surface area contributed by atoms with Crippen molar-refractivity contribution in [3.05, 3.63) is 69.3 Å². The van der Waals surface area contributed by atoms with Crippen molar-refractivity contribution in [3.8, 4) is 5.75 Å². The first-order chi connectivity index (χ1) is 12.5. The van der Waals surface area contributed by atoms with Crippen LogP contribution in [0, 0.1) is 0 Å². The van der Waals surface area contributed by atoms with Crippen LogP contribution in [0.15, 0.2) is 52.3 Å². The number of hydrogen-bond acceptors (Lipinski definition) is 5. The van der Waals surface area contributed by atoms with Gasteiger partial charge in [-0.25, -0.2) is 4.79 Å². The predicted octanol–water partition coefficient (Wildman–Crippen LogP) is 4.30. The number of thiophene rings is 1. The van der Waals surface area contributed by atoms with E-state index in [1.54, 1.807) is 30.3 Å². The first-order valence-electron chi connectivity index (χ1n) is 7.58. The van der Waals surface area contributed by atoms with Gasteiger partial charge in [0, 0.05) is 23.1 Å². The zero-order valence-electron chi connectivity index (χ0n) is 13.4. The lowest BCUT2D eigenvalue weighted by Gasteiger charge is -2.07. The van der Waals surface area contributed by atoms with Crippen LogP contribution < -0.4 is 10.1 Å². The van der Waals surface area contributed by atoms with Gasteiger partial charge in [0.15, 0.2) is 12.4 Å². The molecule has 2 N–H and O–H groups in total. The molecule has 0 bridgehead atoms. The van der Waals surface area contributed by atoms with E-state index in [0.29, 0.717) is 28.6 Å². The van der Waals surface area contributed by atoms with Gasteiger partial charge in [0.25, 0.3) is 5.91 Å². The second-order valence-electron chi connectivity index (χ2n) is 5.30. The van der Waals surface area contributed by atoms with E-state index in [9.17, 15) is 9.59 Å². The second kappa shape index (κ2) is 8.07. The molecule has 6 nitrogen and oxygen atoms in total. The van der Waals surface area contributed by atoms with E-state index in [1.807, 2.05) is 11.4 Å². The molecular weight excluding hydrogens is 378 g/mol. The molecule has 0 radical (unpaired) electrons.